The van der Waals surface area contributed by atoms with Gasteiger partial charge in [-0.15, -0.1) is 0 Å². The number of rotatable bonds is 4. The molecular formula is C33H26N2. The van der Waals surface area contributed by atoms with Crippen molar-refractivity contribution in [3.05, 3.63) is 132 Å². The third-order valence-electron chi connectivity index (χ3n) is 6.92. The highest BCUT2D eigenvalue weighted by Gasteiger charge is 2.13. The highest BCUT2D eigenvalue weighted by molar-refractivity contribution is 6.13. The predicted molar refractivity (Wildman–Crippen MR) is 150 cm³/mol. The fourth-order valence-corrected chi connectivity index (χ4v) is 5.23. The Kier molecular flexibility index (Phi) is 5.08. The van der Waals surface area contributed by atoms with Crippen LogP contribution >= 0.6 is 0 Å². The Morgan fingerprint density at radius 3 is 2.17 bits per heavy atom. The largest absolute Gasteiger partial charge is 0.298 e. The van der Waals surface area contributed by atoms with E-state index in [9.17, 15) is 0 Å². The lowest BCUT2D eigenvalue weighted by molar-refractivity contribution is 0.988. The van der Waals surface area contributed by atoms with E-state index in [1.54, 1.807) is 0 Å². The van der Waals surface area contributed by atoms with Crippen molar-refractivity contribution in [2.75, 3.05) is 0 Å². The van der Waals surface area contributed by atoms with Gasteiger partial charge in [0.25, 0.3) is 0 Å². The van der Waals surface area contributed by atoms with E-state index in [0.29, 0.717) is 0 Å². The van der Waals surface area contributed by atoms with Gasteiger partial charge in [-0.3, -0.25) is 4.57 Å². The topological polar surface area (TPSA) is 17.8 Å². The summed E-state index contributed by atoms with van der Waals surface area (Å²) in [6.07, 6.45) is 4.15. The number of nitrogens with zero attached hydrogens (tertiary/aromatic N) is 2. The molecule has 0 atom stereocenters. The Labute approximate surface area is 205 Å². The molecule has 6 aromatic rings. The van der Waals surface area contributed by atoms with E-state index in [1.807, 2.05) is 6.08 Å². The standard InChI is InChI=1S/C33H26N2/c1-4-24(21-30-23(3)26-13-6-7-14-27(26)28-15-8-9-16-29(28)30)31-17-11-19-33(34-31)35-22(2)20-25-12-5-10-18-32(25)35/h4-21H,1H2,2-3H3/b24-21+. The first-order chi connectivity index (χ1) is 17.2. The van der Waals surface area contributed by atoms with Gasteiger partial charge in [0.05, 0.1) is 11.2 Å². The lowest BCUT2D eigenvalue weighted by Gasteiger charge is -2.14. The summed E-state index contributed by atoms with van der Waals surface area (Å²) < 4.78 is 2.22. The highest BCUT2D eigenvalue weighted by Crippen LogP contribution is 2.35. The minimum absolute atomic E-state index is 0.909. The summed E-state index contributed by atoms with van der Waals surface area (Å²) in [7, 11) is 0. The SMILES string of the molecule is C=C/C(=C\c1c(C)c2ccccc2c2ccccc12)c1cccc(-n2c(C)cc3ccccc32)n1. The molecule has 0 unspecified atom stereocenters. The van der Waals surface area contributed by atoms with Crippen LogP contribution in [0.25, 0.3) is 49.9 Å². The maximum Gasteiger partial charge on any atom is 0.138 e. The van der Waals surface area contributed by atoms with Gasteiger partial charge in [-0.1, -0.05) is 85.5 Å². The van der Waals surface area contributed by atoms with Crippen molar-refractivity contribution >= 4 is 44.1 Å². The molecule has 6 rings (SSSR count). The van der Waals surface area contributed by atoms with Crippen molar-refractivity contribution < 1.29 is 0 Å². The summed E-state index contributed by atoms with van der Waals surface area (Å²) >= 11 is 0. The second-order valence-electron chi connectivity index (χ2n) is 8.99. The molecule has 35 heavy (non-hydrogen) atoms. The molecule has 0 aliphatic heterocycles. The van der Waals surface area contributed by atoms with E-state index in [0.717, 1.165) is 28.3 Å². The number of hydrogen-bond acceptors (Lipinski definition) is 1. The van der Waals surface area contributed by atoms with Gasteiger partial charge in [0.2, 0.25) is 0 Å². The van der Waals surface area contributed by atoms with Crippen molar-refractivity contribution in [1.82, 2.24) is 9.55 Å². The van der Waals surface area contributed by atoms with Crippen LogP contribution in [0.5, 0.6) is 0 Å². The molecule has 0 N–H and O–H groups in total. The number of fused-ring (bicyclic) bond motifs is 4. The molecule has 0 radical (unpaired) electrons. The van der Waals surface area contributed by atoms with Crippen molar-refractivity contribution in [2.24, 2.45) is 0 Å². The molecule has 2 heterocycles. The molecule has 2 heteroatoms. The van der Waals surface area contributed by atoms with Crippen molar-refractivity contribution in [3.8, 4) is 5.82 Å². The summed E-state index contributed by atoms with van der Waals surface area (Å²) in [6, 6.07) is 34.1. The zero-order chi connectivity index (χ0) is 23.9. The number of allylic oxidation sites excluding steroid dienone is 2. The zero-order valence-corrected chi connectivity index (χ0v) is 20.0. The Morgan fingerprint density at radius 2 is 1.40 bits per heavy atom. The first kappa shape index (κ1) is 21.1. The van der Waals surface area contributed by atoms with E-state index >= 15 is 0 Å². The monoisotopic (exact) mass is 450 g/mol. The lowest BCUT2D eigenvalue weighted by Crippen LogP contribution is -2.01. The van der Waals surface area contributed by atoms with Crippen LogP contribution in [0.3, 0.4) is 0 Å². The molecule has 4 aromatic carbocycles. The van der Waals surface area contributed by atoms with Gasteiger partial charge < -0.3 is 0 Å². The molecule has 0 amide bonds. The van der Waals surface area contributed by atoms with Gasteiger partial charge in [0, 0.05) is 16.7 Å². The second-order valence-corrected chi connectivity index (χ2v) is 8.99. The molecular weight excluding hydrogens is 424 g/mol. The summed E-state index contributed by atoms with van der Waals surface area (Å²) in [4.78, 5) is 5.09. The fourth-order valence-electron chi connectivity index (χ4n) is 5.23. The molecule has 0 spiro atoms. The molecule has 0 fully saturated rings. The lowest BCUT2D eigenvalue weighted by atomic mass is 9.91. The molecule has 168 valence electrons. The smallest absolute Gasteiger partial charge is 0.138 e. The Balaban J connectivity index is 1.56. The molecule has 0 aliphatic carbocycles. The van der Waals surface area contributed by atoms with Crippen LogP contribution in [-0.2, 0) is 0 Å². The summed E-state index contributed by atoms with van der Waals surface area (Å²) in [5, 5.41) is 6.28. The van der Waals surface area contributed by atoms with Gasteiger partial charge in [-0.2, -0.15) is 0 Å². The maximum absolute atomic E-state index is 5.09. The summed E-state index contributed by atoms with van der Waals surface area (Å²) in [5.74, 6) is 0.911. The first-order valence-corrected chi connectivity index (χ1v) is 11.9. The first-order valence-electron chi connectivity index (χ1n) is 11.9. The second kappa shape index (κ2) is 8.41. The van der Waals surface area contributed by atoms with Crippen LogP contribution in [0.15, 0.2) is 110 Å². The van der Waals surface area contributed by atoms with Crippen LogP contribution in [0, 0.1) is 13.8 Å². The van der Waals surface area contributed by atoms with E-state index < -0.39 is 0 Å². The van der Waals surface area contributed by atoms with Crippen molar-refractivity contribution in [2.45, 2.75) is 13.8 Å². The maximum atomic E-state index is 5.09. The van der Waals surface area contributed by atoms with Gasteiger partial charge in [0.15, 0.2) is 0 Å². The van der Waals surface area contributed by atoms with E-state index in [1.165, 1.54) is 38.1 Å². The highest BCUT2D eigenvalue weighted by atomic mass is 15.1. The number of benzene rings is 4. The minimum Gasteiger partial charge on any atom is -0.298 e. The third-order valence-corrected chi connectivity index (χ3v) is 6.92. The van der Waals surface area contributed by atoms with Crippen LogP contribution < -0.4 is 0 Å². The number of para-hydroxylation sites is 1. The van der Waals surface area contributed by atoms with Crippen LogP contribution in [0.2, 0.25) is 0 Å². The zero-order valence-electron chi connectivity index (χ0n) is 20.0. The van der Waals surface area contributed by atoms with Gasteiger partial charge in [-0.05, 0) is 76.9 Å². The van der Waals surface area contributed by atoms with Crippen LogP contribution in [0.1, 0.15) is 22.5 Å². The average molecular weight is 451 g/mol. The molecule has 0 bridgehead atoms. The van der Waals surface area contributed by atoms with Gasteiger partial charge >= 0.3 is 0 Å². The Morgan fingerprint density at radius 1 is 0.743 bits per heavy atom. The van der Waals surface area contributed by atoms with Gasteiger partial charge in [0.1, 0.15) is 5.82 Å². The molecule has 2 aromatic heterocycles. The van der Waals surface area contributed by atoms with Crippen LogP contribution in [0.4, 0.5) is 0 Å². The Bertz CT molecular complexity index is 1780. The van der Waals surface area contributed by atoms with Gasteiger partial charge in [-0.25, -0.2) is 4.98 Å². The molecule has 0 aliphatic rings. The number of hydrogen-bond donors (Lipinski definition) is 0. The third kappa shape index (κ3) is 3.46. The van der Waals surface area contributed by atoms with Crippen LogP contribution in [-0.4, -0.2) is 9.55 Å². The quantitative estimate of drug-likeness (QED) is 0.194. The summed E-state index contributed by atoms with van der Waals surface area (Å²) in [5.41, 5.74) is 6.72. The number of aromatic nitrogens is 2. The van der Waals surface area contributed by atoms with Crippen molar-refractivity contribution in [3.63, 3.8) is 0 Å². The average Bonchev–Trinajstić information content (AvgIpc) is 3.24. The predicted octanol–water partition coefficient (Wildman–Crippen LogP) is 8.68. The molecule has 2 nitrogen and oxygen atoms in total. The van der Waals surface area contributed by atoms with E-state index in [4.69, 9.17) is 4.98 Å². The Hall–Kier alpha value is -4.43. The summed E-state index contributed by atoms with van der Waals surface area (Å²) in [6.45, 7) is 8.49. The number of aryl methyl sites for hydroxylation is 2. The van der Waals surface area contributed by atoms with Crippen molar-refractivity contribution in [1.29, 1.82) is 0 Å². The minimum atomic E-state index is 0.909. The molecule has 0 saturated heterocycles. The van der Waals surface area contributed by atoms with E-state index in [-0.39, 0.29) is 0 Å². The number of pyridine rings is 1. The molecule has 0 saturated carbocycles. The normalized spacial score (nSPS) is 12.0. The fraction of sp³-hybridized carbons (Fsp3) is 0.0606. The van der Waals surface area contributed by atoms with E-state index in [2.05, 4.69) is 128 Å².